The Morgan fingerprint density at radius 2 is 1.75 bits per heavy atom. The van der Waals surface area contributed by atoms with Gasteiger partial charge in [0.1, 0.15) is 0 Å². The average Bonchev–Trinajstić information content (AvgIpc) is 3.01. The summed E-state index contributed by atoms with van der Waals surface area (Å²) >= 11 is 0. The average molecular weight is 345 g/mol. The molecule has 1 aliphatic heterocycles. The van der Waals surface area contributed by atoms with Crippen molar-refractivity contribution in [3.8, 4) is 0 Å². The van der Waals surface area contributed by atoms with E-state index in [9.17, 15) is 8.42 Å². The van der Waals surface area contributed by atoms with Crippen LogP contribution in [0.25, 0.3) is 0 Å². The second-order valence-corrected chi connectivity index (χ2v) is 7.84. The summed E-state index contributed by atoms with van der Waals surface area (Å²) in [4.78, 5) is 2.61. The first-order chi connectivity index (χ1) is 11.5. The zero-order chi connectivity index (χ0) is 17.0. The summed E-state index contributed by atoms with van der Waals surface area (Å²) in [7, 11) is -3.61. The van der Waals surface area contributed by atoms with Gasteiger partial charge in [-0.05, 0) is 29.7 Å². The topological polar surface area (TPSA) is 75.4 Å². The van der Waals surface area contributed by atoms with E-state index >= 15 is 0 Å². The van der Waals surface area contributed by atoms with E-state index in [1.54, 1.807) is 12.1 Å². The van der Waals surface area contributed by atoms with Crippen LogP contribution in [0, 0.1) is 0 Å². The van der Waals surface area contributed by atoms with Crippen LogP contribution in [0.3, 0.4) is 0 Å². The SMILES string of the molecule is NS(=O)(=O)c1ccc(CNC2CCN(Cc3ccccc3)C2)cc1. The van der Waals surface area contributed by atoms with Crippen LogP contribution in [-0.2, 0) is 23.1 Å². The van der Waals surface area contributed by atoms with Crippen molar-refractivity contribution >= 4 is 10.0 Å². The zero-order valence-corrected chi connectivity index (χ0v) is 14.4. The lowest BCUT2D eigenvalue weighted by molar-refractivity contribution is 0.320. The number of primary sulfonamides is 1. The van der Waals surface area contributed by atoms with Crippen molar-refractivity contribution in [3.63, 3.8) is 0 Å². The van der Waals surface area contributed by atoms with E-state index in [1.807, 2.05) is 18.2 Å². The molecule has 1 aliphatic rings. The van der Waals surface area contributed by atoms with Crippen LogP contribution in [-0.4, -0.2) is 32.4 Å². The minimum absolute atomic E-state index is 0.154. The van der Waals surface area contributed by atoms with Gasteiger partial charge in [-0.1, -0.05) is 42.5 Å². The largest absolute Gasteiger partial charge is 0.309 e. The van der Waals surface area contributed by atoms with Crippen LogP contribution in [0.15, 0.2) is 59.5 Å². The Hall–Kier alpha value is -1.73. The van der Waals surface area contributed by atoms with Crippen LogP contribution >= 0.6 is 0 Å². The highest BCUT2D eigenvalue weighted by molar-refractivity contribution is 7.89. The highest BCUT2D eigenvalue weighted by Crippen LogP contribution is 2.14. The molecule has 3 N–H and O–H groups in total. The number of hydrogen-bond acceptors (Lipinski definition) is 4. The van der Waals surface area contributed by atoms with Gasteiger partial charge < -0.3 is 5.32 Å². The van der Waals surface area contributed by atoms with E-state index in [4.69, 9.17) is 5.14 Å². The van der Waals surface area contributed by atoms with Crippen molar-refractivity contribution in [3.05, 3.63) is 65.7 Å². The molecular formula is C18H23N3O2S. The van der Waals surface area contributed by atoms with E-state index in [2.05, 4.69) is 34.5 Å². The fraction of sp³-hybridized carbons (Fsp3) is 0.333. The Labute approximate surface area is 143 Å². The molecule has 0 bridgehead atoms. The Balaban J connectivity index is 1.48. The molecule has 24 heavy (non-hydrogen) atoms. The van der Waals surface area contributed by atoms with Crippen molar-refractivity contribution in [2.45, 2.75) is 30.4 Å². The summed E-state index contributed by atoms with van der Waals surface area (Å²) in [6, 6.07) is 17.7. The third-order valence-corrected chi connectivity index (χ3v) is 5.30. The number of nitrogens with zero attached hydrogens (tertiary/aromatic N) is 1. The maximum absolute atomic E-state index is 11.3. The Morgan fingerprint density at radius 1 is 1.04 bits per heavy atom. The predicted molar refractivity (Wildman–Crippen MR) is 94.8 cm³/mol. The van der Waals surface area contributed by atoms with E-state index in [0.29, 0.717) is 6.04 Å². The maximum Gasteiger partial charge on any atom is 0.238 e. The molecule has 6 heteroatoms. The first-order valence-electron chi connectivity index (χ1n) is 8.12. The van der Waals surface area contributed by atoms with Crippen molar-refractivity contribution in [2.75, 3.05) is 13.1 Å². The molecule has 1 unspecified atom stereocenters. The highest BCUT2D eigenvalue weighted by atomic mass is 32.2. The quantitative estimate of drug-likeness (QED) is 0.835. The monoisotopic (exact) mass is 345 g/mol. The van der Waals surface area contributed by atoms with Gasteiger partial charge in [0, 0.05) is 32.2 Å². The smallest absolute Gasteiger partial charge is 0.238 e. The number of rotatable bonds is 6. The first kappa shape index (κ1) is 17.1. The lowest BCUT2D eigenvalue weighted by atomic mass is 10.2. The number of nitrogens with one attached hydrogen (secondary N) is 1. The van der Waals surface area contributed by atoms with Crippen molar-refractivity contribution in [1.82, 2.24) is 10.2 Å². The summed E-state index contributed by atoms with van der Waals surface area (Å²) in [5, 5.41) is 8.66. The Kier molecular flexibility index (Phi) is 5.30. The van der Waals surface area contributed by atoms with Crippen molar-refractivity contribution in [2.24, 2.45) is 5.14 Å². The molecule has 0 radical (unpaired) electrons. The number of nitrogens with two attached hydrogens (primary N) is 1. The number of likely N-dealkylation sites (tertiary alicyclic amines) is 1. The van der Waals surface area contributed by atoms with Crippen molar-refractivity contribution in [1.29, 1.82) is 0 Å². The number of hydrogen-bond donors (Lipinski definition) is 2. The zero-order valence-electron chi connectivity index (χ0n) is 13.6. The molecule has 0 aliphatic carbocycles. The van der Waals surface area contributed by atoms with Crippen LogP contribution in [0.5, 0.6) is 0 Å². The molecule has 1 saturated heterocycles. The molecule has 2 aromatic carbocycles. The molecule has 3 rings (SSSR count). The van der Waals surface area contributed by atoms with Gasteiger partial charge in [-0.15, -0.1) is 0 Å². The van der Waals surface area contributed by atoms with Gasteiger partial charge in [-0.2, -0.15) is 0 Å². The number of benzene rings is 2. The van der Waals surface area contributed by atoms with Crippen LogP contribution in [0.4, 0.5) is 0 Å². The lowest BCUT2D eigenvalue weighted by Crippen LogP contribution is -2.31. The van der Waals surface area contributed by atoms with E-state index < -0.39 is 10.0 Å². The normalized spacial score (nSPS) is 18.8. The van der Waals surface area contributed by atoms with Gasteiger partial charge in [-0.3, -0.25) is 4.90 Å². The summed E-state index contributed by atoms with van der Waals surface area (Å²) in [5.74, 6) is 0. The van der Waals surface area contributed by atoms with Gasteiger partial charge >= 0.3 is 0 Å². The van der Waals surface area contributed by atoms with Crippen LogP contribution in [0.1, 0.15) is 17.5 Å². The van der Waals surface area contributed by atoms with Gasteiger partial charge in [0.25, 0.3) is 0 Å². The van der Waals surface area contributed by atoms with Crippen LogP contribution in [0.2, 0.25) is 0 Å². The fourth-order valence-electron chi connectivity index (χ4n) is 3.04. The van der Waals surface area contributed by atoms with Crippen LogP contribution < -0.4 is 10.5 Å². The molecule has 0 aromatic heterocycles. The third-order valence-electron chi connectivity index (χ3n) is 4.37. The number of sulfonamides is 1. The summed E-state index contributed by atoms with van der Waals surface area (Å²) in [6.45, 7) is 3.85. The minimum atomic E-state index is -3.61. The highest BCUT2D eigenvalue weighted by Gasteiger charge is 2.21. The molecule has 128 valence electrons. The Morgan fingerprint density at radius 3 is 2.42 bits per heavy atom. The molecule has 1 fully saturated rings. The van der Waals surface area contributed by atoms with Gasteiger partial charge in [0.2, 0.25) is 10.0 Å². The van der Waals surface area contributed by atoms with Crippen molar-refractivity contribution < 1.29 is 8.42 Å². The Bertz CT molecular complexity index is 761. The molecule has 0 saturated carbocycles. The molecule has 0 spiro atoms. The lowest BCUT2D eigenvalue weighted by Gasteiger charge is -2.17. The molecule has 2 aromatic rings. The second-order valence-electron chi connectivity index (χ2n) is 6.28. The predicted octanol–water partition coefficient (Wildman–Crippen LogP) is 1.70. The summed E-state index contributed by atoms with van der Waals surface area (Å²) in [6.07, 6.45) is 1.13. The van der Waals surface area contributed by atoms with Gasteiger partial charge in [-0.25, -0.2) is 13.6 Å². The standard InChI is InChI=1S/C18H23N3O2S/c19-24(22,23)18-8-6-15(7-9-18)12-20-17-10-11-21(14-17)13-16-4-2-1-3-5-16/h1-9,17,20H,10-14H2,(H2,19,22,23). The summed E-state index contributed by atoms with van der Waals surface area (Å²) in [5.41, 5.74) is 2.40. The molecule has 0 amide bonds. The maximum atomic E-state index is 11.3. The second kappa shape index (κ2) is 7.44. The van der Waals surface area contributed by atoms with E-state index in [-0.39, 0.29) is 4.90 Å². The molecule has 5 nitrogen and oxygen atoms in total. The van der Waals surface area contributed by atoms with E-state index in [1.165, 1.54) is 5.56 Å². The minimum Gasteiger partial charge on any atom is -0.309 e. The molecule has 1 atom stereocenters. The first-order valence-corrected chi connectivity index (χ1v) is 9.67. The van der Waals surface area contributed by atoms with Gasteiger partial charge in [0.15, 0.2) is 0 Å². The summed E-state index contributed by atoms with van der Waals surface area (Å²) < 4.78 is 22.5. The van der Waals surface area contributed by atoms with Gasteiger partial charge in [0.05, 0.1) is 4.90 Å². The fourth-order valence-corrected chi connectivity index (χ4v) is 3.56. The molecular weight excluding hydrogens is 322 g/mol. The van der Waals surface area contributed by atoms with E-state index in [0.717, 1.165) is 38.2 Å². The molecule has 1 heterocycles. The third kappa shape index (κ3) is 4.64.